The minimum Gasteiger partial charge on any atom is -0.249 e. The largest absolute Gasteiger partial charge is 0.249 e. The van der Waals surface area contributed by atoms with Gasteiger partial charge in [0.1, 0.15) is 5.15 Å². The van der Waals surface area contributed by atoms with Crippen molar-refractivity contribution in [3.05, 3.63) is 45.6 Å². The van der Waals surface area contributed by atoms with Crippen LogP contribution in [0.5, 0.6) is 0 Å². The van der Waals surface area contributed by atoms with Crippen LogP contribution >= 0.6 is 22.9 Å². The van der Waals surface area contributed by atoms with Gasteiger partial charge in [0.2, 0.25) is 0 Å². The summed E-state index contributed by atoms with van der Waals surface area (Å²) in [5, 5.41) is 3.56. The lowest BCUT2D eigenvalue weighted by molar-refractivity contribution is 1.05. The third-order valence-corrected chi connectivity index (χ3v) is 2.58. The van der Waals surface area contributed by atoms with Gasteiger partial charge in [0.05, 0.1) is 5.01 Å². The van der Waals surface area contributed by atoms with E-state index in [-0.39, 0.29) is 0 Å². The van der Waals surface area contributed by atoms with Crippen LogP contribution in [0, 0.1) is 0 Å². The summed E-state index contributed by atoms with van der Waals surface area (Å²) < 4.78 is 0. The average Bonchev–Trinajstić information content (AvgIpc) is 2.57. The fourth-order valence-electron chi connectivity index (χ4n) is 1.04. The summed E-state index contributed by atoms with van der Waals surface area (Å²) >= 11 is 7.39. The highest BCUT2D eigenvalue weighted by atomic mass is 35.5. The molecule has 0 aliphatic heterocycles. The molecular formula is C9H7ClN2S. The SMILES string of the molecule is Clc1cccc(Cc2nccs2)n1. The van der Waals surface area contributed by atoms with E-state index >= 15 is 0 Å². The van der Waals surface area contributed by atoms with Crippen LogP contribution in [-0.2, 0) is 6.42 Å². The summed E-state index contributed by atoms with van der Waals surface area (Å²) in [7, 11) is 0. The van der Waals surface area contributed by atoms with Crippen LogP contribution in [0.3, 0.4) is 0 Å². The third-order valence-electron chi connectivity index (χ3n) is 1.59. The van der Waals surface area contributed by atoms with Gasteiger partial charge in [-0.2, -0.15) is 0 Å². The van der Waals surface area contributed by atoms with Gasteiger partial charge in [0, 0.05) is 23.7 Å². The first-order chi connectivity index (χ1) is 6.34. The molecule has 2 heterocycles. The second-order valence-electron chi connectivity index (χ2n) is 2.55. The van der Waals surface area contributed by atoms with Crippen molar-refractivity contribution in [3.8, 4) is 0 Å². The van der Waals surface area contributed by atoms with E-state index in [2.05, 4.69) is 9.97 Å². The average molecular weight is 211 g/mol. The van der Waals surface area contributed by atoms with Gasteiger partial charge in [-0.1, -0.05) is 17.7 Å². The van der Waals surface area contributed by atoms with Crippen molar-refractivity contribution in [3.63, 3.8) is 0 Å². The molecule has 0 unspecified atom stereocenters. The molecule has 0 atom stereocenters. The van der Waals surface area contributed by atoms with Crippen molar-refractivity contribution in [2.75, 3.05) is 0 Å². The van der Waals surface area contributed by atoms with E-state index in [4.69, 9.17) is 11.6 Å². The molecule has 2 aromatic heterocycles. The number of nitrogens with zero attached hydrogens (tertiary/aromatic N) is 2. The van der Waals surface area contributed by atoms with Gasteiger partial charge >= 0.3 is 0 Å². The number of hydrogen-bond acceptors (Lipinski definition) is 3. The Balaban J connectivity index is 2.19. The van der Waals surface area contributed by atoms with E-state index in [0.717, 1.165) is 17.1 Å². The molecule has 13 heavy (non-hydrogen) atoms. The Kier molecular flexibility index (Phi) is 2.57. The summed E-state index contributed by atoms with van der Waals surface area (Å²) in [5.74, 6) is 0. The number of thiazole rings is 1. The van der Waals surface area contributed by atoms with Crippen molar-refractivity contribution in [1.82, 2.24) is 9.97 Å². The Morgan fingerprint density at radius 3 is 3.00 bits per heavy atom. The molecule has 0 radical (unpaired) electrons. The molecule has 2 rings (SSSR count). The minimum absolute atomic E-state index is 0.536. The molecule has 0 amide bonds. The van der Waals surface area contributed by atoms with Gasteiger partial charge < -0.3 is 0 Å². The lowest BCUT2D eigenvalue weighted by Crippen LogP contribution is -1.90. The van der Waals surface area contributed by atoms with Crippen LogP contribution in [0.25, 0.3) is 0 Å². The molecule has 0 fully saturated rings. The van der Waals surface area contributed by atoms with E-state index in [1.165, 1.54) is 0 Å². The Bertz CT molecular complexity index is 386. The summed E-state index contributed by atoms with van der Waals surface area (Å²) in [6, 6.07) is 5.62. The molecule has 0 saturated heterocycles. The van der Waals surface area contributed by atoms with Crippen LogP contribution < -0.4 is 0 Å². The van der Waals surface area contributed by atoms with E-state index in [9.17, 15) is 0 Å². The molecule has 0 bridgehead atoms. The van der Waals surface area contributed by atoms with Crippen molar-refractivity contribution in [1.29, 1.82) is 0 Å². The highest BCUT2D eigenvalue weighted by molar-refractivity contribution is 7.09. The van der Waals surface area contributed by atoms with Crippen molar-refractivity contribution >= 4 is 22.9 Å². The monoisotopic (exact) mass is 210 g/mol. The maximum atomic E-state index is 5.76. The summed E-state index contributed by atoms with van der Waals surface area (Å²) in [5.41, 5.74) is 0.961. The first-order valence-electron chi connectivity index (χ1n) is 3.84. The molecule has 0 aliphatic rings. The predicted octanol–water partition coefficient (Wildman–Crippen LogP) is 2.78. The van der Waals surface area contributed by atoms with E-state index in [1.807, 2.05) is 17.5 Å². The van der Waals surface area contributed by atoms with Gasteiger partial charge in [-0.25, -0.2) is 9.97 Å². The zero-order valence-electron chi connectivity index (χ0n) is 6.77. The summed E-state index contributed by atoms with van der Waals surface area (Å²) in [6.45, 7) is 0. The predicted molar refractivity (Wildman–Crippen MR) is 54.2 cm³/mol. The van der Waals surface area contributed by atoms with Gasteiger partial charge in [0.15, 0.2) is 0 Å². The summed E-state index contributed by atoms with van der Waals surface area (Å²) in [6.07, 6.45) is 2.56. The van der Waals surface area contributed by atoms with Crippen molar-refractivity contribution < 1.29 is 0 Å². The fraction of sp³-hybridized carbons (Fsp3) is 0.111. The zero-order valence-corrected chi connectivity index (χ0v) is 8.35. The first-order valence-corrected chi connectivity index (χ1v) is 5.10. The fourth-order valence-corrected chi connectivity index (χ4v) is 1.86. The van der Waals surface area contributed by atoms with Gasteiger partial charge in [-0.3, -0.25) is 0 Å². The van der Waals surface area contributed by atoms with Gasteiger partial charge in [-0.05, 0) is 12.1 Å². The normalized spacial score (nSPS) is 10.2. The highest BCUT2D eigenvalue weighted by Crippen LogP contribution is 2.12. The Hall–Kier alpha value is -0.930. The van der Waals surface area contributed by atoms with Crippen molar-refractivity contribution in [2.45, 2.75) is 6.42 Å². The van der Waals surface area contributed by atoms with Crippen molar-refractivity contribution in [2.24, 2.45) is 0 Å². The van der Waals surface area contributed by atoms with Crippen LogP contribution in [0.2, 0.25) is 5.15 Å². The van der Waals surface area contributed by atoms with Crippen LogP contribution in [0.15, 0.2) is 29.8 Å². The van der Waals surface area contributed by atoms with Crippen LogP contribution in [0.1, 0.15) is 10.7 Å². The topological polar surface area (TPSA) is 25.8 Å². The second-order valence-corrected chi connectivity index (χ2v) is 3.92. The number of aromatic nitrogens is 2. The maximum Gasteiger partial charge on any atom is 0.129 e. The third kappa shape index (κ3) is 2.26. The Labute approximate surface area is 85.2 Å². The van der Waals surface area contributed by atoms with E-state index in [1.54, 1.807) is 23.6 Å². The molecule has 0 N–H and O–H groups in total. The van der Waals surface area contributed by atoms with Crippen LogP contribution in [-0.4, -0.2) is 9.97 Å². The molecule has 2 aromatic rings. The summed E-state index contributed by atoms with van der Waals surface area (Å²) in [4.78, 5) is 8.36. The number of pyridine rings is 1. The standard InChI is InChI=1S/C9H7ClN2S/c10-8-3-1-2-7(12-8)6-9-11-4-5-13-9/h1-5H,6H2. The van der Waals surface area contributed by atoms with Gasteiger partial charge in [-0.15, -0.1) is 11.3 Å². The number of halogens is 1. The molecule has 0 saturated carbocycles. The maximum absolute atomic E-state index is 5.76. The molecule has 2 nitrogen and oxygen atoms in total. The smallest absolute Gasteiger partial charge is 0.129 e. The lowest BCUT2D eigenvalue weighted by atomic mass is 10.3. The minimum atomic E-state index is 0.536. The molecular weight excluding hydrogens is 204 g/mol. The molecule has 0 aliphatic carbocycles. The highest BCUT2D eigenvalue weighted by Gasteiger charge is 1.99. The molecule has 0 aromatic carbocycles. The Morgan fingerprint density at radius 1 is 1.38 bits per heavy atom. The number of hydrogen-bond donors (Lipinski definition) is 0. The molecule has 4 heteroatoms. The Morgan fingerprint density at radius 2 is 2.31 bits per heavy atom. The van der Waals surface area contributed by atoms with E-state index in [0.29, 0.717) is 5.15 Å². The quantitative estimate of drug-likeness (QED) is 0.713. The lowest BCUT2D eigenvalue weighted by Gasteiger charge is -1.96. The molecule has 0 spiro atoms. The van der Waals surface area contributed by atoms with Crippen LogP contribution in [0.4, 0.5) is 0 Å². The van der Waals surface area contributed by atoms with Gasteiger partial charge in [0.25, 0.3) is 0 Å². The zero-order chi connectivity index (χ0) is 9.10. The second kappa shape index (κ2) is 3.85. The first kappa shape index (κ1) is 8.66. The number of rotatable bonds is 2. The van der Waals surface area contributed by atoms with E-state index < -0.39 is 0 Å². The molecule has 66 valence electrons.